The molecular formula is C16H24N2O3. The van der Waals surface area contributed by atoms with Crippen LogP contribution in [0.15, 0.2) is 24.3 Å². The van der Waals surface area contributed by atoms with Crippen LogP contribution in [-0.4, -0.2) is 57.3 Å². The van der Waals surface area contributed by atoms with Gasteiger partial charge in [0.1, 0.15) is 5.75 Å². The first-order valence-electron chi connectivity index (χ1n) is 7.42. The number of ether oxygens (including phenoxy) is 2. The van der Waals surface area contributed by atoms with Gasteiger partial charge in [-0.2, -0.15) is 0 Å². The molecule has 1 aromatic carbocycles. The van der Waals surface area contributed by atoms with Crippen molar-refractivity contribution < 1.29 is 14.3 Å². The van der Waals surface area contributed by atoms with Gasteiger partial charge in [-0.25, -0.2) is 0 Å². The fourth-order valence-corrected chi connectivity index (χ4v) is 2.48. The van der Waals surface area contributed by atoms with Crippen molar-refractivity contribution in [2.75, 3.05) is 46.5 Å². The first-order valence-corrected chi connectivity index (χ1v) is 7.42. The molecule has 1 N–H and O–H groups in total. The summed E-state index contributed by atoms with van der Waals surface area (Å²) in [5.41, 5.74) is 0.582. The Labute approximate surface area is 126 Å². The maximum absolute atomic E-state index is 12.2. The van der Waals surface area contributed by atoms with Gasteiger partial charge in [0.05, 0.1) is 25.9 Å². The van der Waals surface area contributed by atoms with Crippen LogP contribution in [-0.2, 0) is 4.74 Å². The molecule has 1 aliphatic rings. The molecule has 1 atom stereocenters. The van der Waals surface area contributed by atoms with Crippen LogP contribution in [0.2, 0.25) is 0 Å². The summed E-state index contributed by atoms with van der Waals surface area (Å²) in [4.78, 5) is 14.6. The predicted molar refractivity (Wildman–Crippen MR) is 81.8 cm³/mol. The molecule has 1 aromatic rings. The van der Waals surface area contributed by atoms with Gasteiger partial charge in [0, 0.05) is 26.2 Å². The highest BCUT2D eigenvalue weighted by Crippen LogP contribution is 2.16. The Morgan fingerprint density at radius 1 is 1.38 bits per heavy atom. The minimum absolute atomic E-state index is 0.0822. The van der Waals surface area contributed by atoms with Crippen LogP contribution in [0.1, 0.15) is 17.3 Å². The summed E-state index contributed by atoms with van der Waals surface area (Å²) in [6, 6.07) is 7.28. The topological polar surface area (TPSA) is 50.8 Å². The minimum atomic E-state index is -0.0822. The van der Waals surface area contributed by atoms with Crippen LogP contribution < -0.4 is 10.1 Å². The van der Waals surface area contributed by atoms with E-state index in [9.17, 15) is 4.79 Å². The average Bonchev–Trinajstić information content (AvgIpc) is 2.53. The second-order valence-electron chi connectivity index (χ2n) is 5.43. The fraction of sp³-hybridized carbons (Fsp3) is 0.562. The van der Waals surface area contributed by atoms with Gasteiger partial charge < -0.3 is 14.8 Å². The first kappa shape index (κ1) is 15.8. The fourth-order valence-electron chi connectivity index (χ4n) is 2.48. The van der Waals surface area contributed by atoms with Crippen molar-refractivity contribution in [2.45, 2.75) is 6.92 Å². The Morgan fingerprint density at radius 2 is 2.10 bits per heavy atom. The number of morpholine rings is 1. The molecule has 0 saturated carbocycles. The number of methoxy groups -OCH3 is 1. The summed E-state index contributed by atoms with van der Waals surface area (Å²) in [7, 11) is 1.58. The number of hydrogen-bond donors (Lipinski definition) is 1. The van der Waals surface area contributed by atoms with Crippen LogP contribution >= 0.6 is 0 Å². The number of nitrogens with zero attached hydrogens (tertiary/aromatic N) is 1. The molecule has 0 aliphatic carbocycles. The van der Waals surface area contributed by atoms with E-state index in [1.54, 1.807) is 19.2 Å². The van der Waals surface area contributed by atoms with Crippen molar-refractivity contribution in [3.63, 3.8) is 0 Å². The Hall–Kier alpha value is -1.59. The highest BCUT2D eigenvalue weighted by molar-refractivity contribution is 5.96. The van der Waals surface area contributed by atoms with Crippen LogP contribution in [0.5, 0.6) is 5.75 Å². The van der Waals surface area contributed by atoms with Gasteiger partial charge in [-0.3, -0.25) is 9.69 Å². The third-order valence-electron chi connectivity index (χ3n) is 3.64. The van der Waals surface area contributed by atoms with Gasteiger partial charge in [0.15, 0.2) is 0 Å². The summed E-state index contributed by atoms with van der Waals surface area (Å²) in [6.45, 7) is 7.36. The third kappa shape index (κ3) is 4.72. The Kier molecular flexibility index (Phi) is 6.02. The second kappa shape index (κ2) is 8.00. The molecule has 5 nitrogen and oxygen atoms in total. The van der Waals surface area contributed by atoms with Crippen LogP contribution in [0.4, 0.5) is 0 Å². The molecule has 1 aliphatic heterocycles. The largest absolute Gasteiger partial charge is 0.496 e. The van der Waals surface area contributed by atoms with Crippen molar-refractivity contribution in [1.29, 1.82) is 0 Å². The van der Waals surface area contributed by atoms with Gasteiger partial charge in [-0.1, -0.05) is 19.1 Å². The highest BCUT2D eigenvalue weighted by Gasteiger charge is 2.16. The summed E-state index contributed by atoms with van der Waals surface area (Å²) in [6.07, 6.45) is 0. The van der Waals surface area contributed by atoms with Gasteiger partial charge >= 0.3 is 0 Å². The third-order valence-corrected chi connectivity index (χ3v) is 3.64. The number of para-hydroxylation sites is 1. The molecule has 21 heavy (non-hydrogen) atoms. The van der Waals surface area contributed by atoms with Crippen LogP contribution in [0.3, 0.4) is 0 Å². The van der Waals surface area contributed by atoms with E-state index in [2.05, 4.69) is 17.1 Å². The lowest BCUT2D eigenvalue weighted by Crippen LogP contribution is -2.41. The SMILES string of the molecule is COc1ccccc1C(=O)NCC(C)CN1CCOCC1. The number of carbonyl (C=O) groups excluding carboxylic acids is 1. The lowest BCUT2D eigenvalue weighted by molar-refractivity contribution is 0.0317. The number of rotatable bonds is 6. The van der Waals surface area contributed by atoms with E-state index in [1.807, 2.05) is 12.1 Å². The molecule has 0 spiro atoms. The maximum Gasteiger partial charge on any atom is 0.255 e. The number of amides is 1. The zero-order valence-electron chi connectivity index (χ0n) is 12.8. The molecular weight excluding hydrogens is 268 g/mol. The van der Waals surface area contributed by atoms with E-state index in [0.717, 1.165) is 32.8 Å². The standard InChI is InChI=1S/C16H24N2O3/c1-13(12-18-7-9-21-10-8-18)11-17-16(19)14-5-3-4-6-15(14)20-2/h3-6,13H,7-12H2,1-2H3,(H,17,19). The van der Waals surface area contributed by atoms with Gasteiger partial charge in [-0.05, 0) is 18.1 Å². The molecule has 1 heterocycles. The monoisotopic (exact) mass is 292 g/mol. The van der Waals surface area contributed by atoms with E-state index in [-0.39, 0.29) is 5.91 Å². The lowest BCUT2D eigenvalue weighted by Gasteiger charge is -2.29. The van der Waals surface area contributed by atoms with Crippen molar-refractivity contribution in [3.8, 4) is 5.75 Å². The highest BCUT2D eigenvalue weighted by atomic mass is 16.5. The van der Waals surface area contributed by atoms with E-state index < -0.39 is 0 Å². The minimum Gasteiger partial charge on any atom is -0.496 e. The van der Waals surface area contributed by atoms with Gasteiger partial charge in [0.25, 0.3) is 5.91 Å². The summed E-state index contributed by atoms with van der Waals surface area (Å²) >= 11 is 0. The molecule has 5 heteroatoms. The number of nitrogens with one attached hydrogen (secondary N) is 1. The van der Waals surface area contributed by atoms with Crippen molar-refractivity contribution >= 4 is 5.91 Å². The van der Waals surface area contributed by atoms with E-state index in [1.165, 1.54) is 0 Å². The molecule has 1 unspecified atom stereocenters. The summed E-state index contributed by atoms with van der Waals surface area (Å²) in [5.74, 6) is 0.930. The summed E-state index contributed by atoms with van der Waals surface area (Å²) < 4.78 is 10.5. The van der Waals surface area contributed by atoms with E-state index in [0.29, 0.717) is 23.8 Å². The Morgan fingerprint density at radius 3 is 2.81 bits per heavy atom. The molecule has 0 bridgehead atoms. The van der Waals surface area contributed by atoms with Crippen molar-refractivity contribution in [2.24, 2.45) is 5.92 Å². The molecule has 2 rings (SSSR count). The molecule has 0 radical (unpaired) electrons. The maximum atomic E-state index is 12.2. The van der Waals surface area contributed by atoms with Gasteiger partial charge in [0.2, 0.25) is 0 Å². The molecule has 116 valence electrons. The smallest absolute Gasteiger partial charge is 0.255 e. The zero-order valence-corrected chi connectivity index (χ0v) is 12.8. The molecule has 1 saturated heterocycles. The Balaban J connectivity index is 1.80. The van der Waals surface area contributed by atoms with E-state index >= 15 is 0 Å². The molecule has 0 aromatic heterocycles. The average molecular weight is 292 g/mol. The number of hydrogen-bond acceptors (Lipinski definition) is 4. The molecule has 1 fully saturated rings. The first-order chi connectivity index (χ1) is 10.2. The van der Waals surface area contributed by atoms with Crippen LogP contribution in [0.25, 0.3) is 0 Å². The second-order valence-corrected chi connectivity index (χ2v) is 5.43. The number of carbonyl (C=O) groups is 1. The molecule has 1 amide bonds. The Bertz CT molecular complexity index is 459. The normalized spacial score (nSPS) is 17.2. The predicted octanol–water partition coefficient (Wildman–Crippen LogP) is 1.39. The lowest BCUT2D eigenvalue weighted by atomic mass is 10.1. The van der Waals surface area contributed by atoms with E-state index in [4.69, 9.17) is 9.47 Å². The summed E-state index contributed by atoms with van der Waals surface area (Å²) in [5, 5.41) is 2.99. The number of benzene rings is 1. The zero-order chi connectivity index (χ0) is 15.1. The van der Waals surface area contributed by atoms with Crippen molar-refractivity contribution in [1.82, 2.24) is 10.2 Å². The van der Waals surface area contributed by atoms with Crippen LogP contribution in [0, 0.1) is 5.92 Å². The van der Waals surface area contributed by atoms with Crippen molar-refractivity contribution in [3.05, 3.63) is 29.8 Å². The quantitative estimate of drug-likeness (QED) is 0.861. The van der Waals surface area contributed by atoms with Gasteiger partial charge in [-0.15, -0.1) is 0 Å².